The van der Waals surface area contributed by atoms with Gasteiger partial charge in [0.25, 0.3) is 0 Å². The second kappa shape index (κ2) is 5.45. The predicted molar refractivity (Wildman–Crippen MR) is 77.8 cm³/mol. The summed E-state index contributed by atoms with van der Waals surface area (Å²) in [5.41, 5.74) is 1.17. The van der Waals surface area contributed by atoms with Crippen molar-refractivity contribution in [2.75, 3.05) is 25.5 Å². The van der Waals surface area contributed by atoms with Crippen molar-refractivity contribution < 1.29 is 4.74 Å². The lowest BCUT2D eigenvalue weighted by molar-refractivity contribution is 0.403. The fraction of sp³-hybridized carbons (Fsp3) is 0.400. The van der Waals surface area contributed by atoms with E-state index in [1.807, 2.05) is 6.07 Å². The largest absolute Gasteiger partial charge is 0.481 e. The van der Waals surface area contributed by atoms with Gasteiger partial charge in [0, 0.05) is 23.3 Å². The van der Waals surface area contributed by atoms with Crippen LogP contribution in [0.15, 0.2) is 30.5 Å². The average Bonchev–Trinajstić information content (AvgIpc) is 2.47. The lowest BCUT2D eigenvalue weighted by Crippen LogP contribution is -2.35. The van der Waals surface area contributed by atoms with E-state index in [2.05, 4.69) is 33.8 Å². The van der Waals surface area contributed by atoms with E-state index < -0.39 is 0 Å². The van der Waals surface area contributed by atoms with Crippen LogP contribution in [-0.2, 0) is 0 Å². The molecule has 0 unspecified atom stereocenters. The van der Waals surface area contributed by atoms with Crippen molar-refractivity contribution in [1.82, 2.24) is 10.3 Å². The Morgan fingerprint density at radius 2 is 2.11 bits per heavy atom. The number of hydrogen-bond acceptors (Lipinski definition) is 4. The molecule has 3 rings (SSSR count). The molecule has 0 radical (unpaired) electrons. The summed E-state index contributed by atoms with van der Waals surface area (Å²) in [5, 5.41) is 9.20. The van der Waals surface area contributed by atoms with Crippen molar-refractivity contribution in [1.29, 1.82) is 0 Å². The lowest BCUT2D eigenvalue weighted by atomic mass is 10.1. The molecule has 1 aromatic heterocycles. The molecule has 19 heavy (non-hydrogen) atoms. The highest BCUT2D eigenvalue weighted by Gasteiger charge is 2.12. The van der Waals surface area contributed by atoms with Crippen LogP contribution in [0.1, 0.15) is 12.8 Å². The number of fused-ring (bicyclic) bond motifs is 1. The van der Waals surface area contributed by atoms with Crippen molar-refractivity contribution in [2.24, 2.45) is 0 Å². The van der Waals surface area contributed by atoms with Gasteiger partial charge in [0.05, 0.1) is 7.11 Å². The number of anilines is 1. The van der Waals surface area contributed by atoms with Crippen LogP contribution in [0.4, 0.5) is 5.69 Å². The number of rotatable bonds is 3. The normalized spacial score (nSPS) is 16.5. The molecule has 1 saturated heterocycles. The monoisotopic (exact) mass is 257 g/mol. The Bertz CT molecular complexity index is 564. The predicted octanol–water partition coefficient (Wildman–Crippen LogP) is 2.41. The average molecular weight is 257 g/mol. The Labute approximate surface area is 113 Å². The molecule has 2 heterocycles. The molecule has 2 aromatic rings. The van der Waals surface area contributed by atoms with Crippen molar-refractivity contribution in [3.63, 3.8) is 0 Å². The molecule has 2 N–H and O–H groups in total. The number of pyridine rings is 1. The van der Waals surface area contributed by atoms with E-state index in [9.17, 15) is 0 Å². The fourth-order valence-electron chi connectivity index (χ4n) is 2.60. The van der Waals surface area contributed by atoms with Gasteiger partial charge in [-0.1, -0.05) is 0 Å². The summed E-state index contributed by atoms with van der Waals surface area (Å²) in [5.74, 6) is 0.686. The van der Waals surface area contributed by atoms with Crippen molar-refractivity contribution in [2.45, 2.75) is 18.9 Å². The molecule has 0 amide bonds. The Morgan fingerprint density at radius 3 is 2.89 bits per heavy atom. The number of benzene rings is 1. The van der Waals surface area contributed by atoms with E-state index in [1.165, 1.54) is 18.5 Å². The molecule has 4 heteroatoms. The van der Waals surface area contributed by atoms with Gasteiger partial charge >= 0.3 is 0 Å². The summed E-state index contributed by atoms with van der Waals surface area (Å²) in [6.07, 6.45) is 4.14. The van der Waals surface area contributed by atoms with Crippen LogP contribution >= 0.6 is 0 Å². The molecule has 0 aliphatic carbocycles. The van der Waals surface area contributed by atoms with E-state index in [4.69, 9.17) is 4.74 Å². The van der Waals surface area contributed by atoms with Gasteiger partial charge < -0.3 is 15.4 Å². The smallest absolute Gasteiger partial charge is 0.221 e. The third-order valence-electron chi connectivity index (χ3n) is 3.63. The van der Waals surface area contributed by atoms with E-state index in [-0.39, 0.29) is 0 Å². The van der Waals surface area contributed by atoms with Crippen LogP contribution in [0.5, 0.6) is 5.88 Å². The number of aromatic nitrogens is 1. The first-order chi connectivity index (χ1) is 9.36. The molecule has 1 aliphatic rings. The van der Waals surface area contributed by atoms with Crippen molar-refractivity contribution in [3.8, 4) is 5.88 Å². The minimum atomic E-state index is 0.572. The molecule has 100 valence electrons. The summed E-state index contributed by atoms with van der Waals surface area (Å²) in [7, 11) is 1.66. The van der Waals surface area contributed by atoms with Gasteiger partial charge in [-0.15, -0.1) is 0 Å². The topological polar surface area (TPSA) is 46.2 Å². The van der Waals surface area contributed by atoms with E-state index >= 15 is 0 Å². The van der Waals surface area contributed by atoms with Crippen molar-refractivity contribution >= 4 is 16.5 Å². The molecular formula is C15H19N3O. The molecule has 1 aromatic carbocycles. The van der Waals surface area contributed by atoms with E-state index in [0.717, 1.165) is 23.9 Å². The van der Waals surface area contributed by atoms with Gasteiger partial charge in [-0.05, 0) is 55.6 Å². The molecule has 0 spiro atoms. The third-order valence-corrected chi connectivity index (χ3v) is 3.63. The van der Waals surface area contributed by atoms with Crippen LogP contribution in [0, 0.1) is 0 Å². The highest BCUT2D eigenvalue weighted by Crippen LogP contribution is 2.26. The van der Waals surface area contributed by atoms with Crippen LogP contribution in [0.25, 0.3) is 10.8 Å². The third kappa shape index (κ3) is 2.63. The first-order valence-corrected chi connectivity index (χ1v) is 6.77. The number of hydrogen-bond donors (Lipinski definition) is 2. The molecule has 0 atom stereocenters. The highest BCUT2D eigenvalue weighted by molar-refractivity contribution is 5.89. The van der Waals surface area contributed by atoms with Crippen molar-refractivity contribution in [3.05, 3.63) is 30.5 Å². The van der Waals surface area contributed by atoms with E-state index in [1.54, 1.807) is 13.3 Å². The maximum Gasteiger partial charge on any atom is 0.221 e. The minimum Gasteiger partial charge on any atom is -0.481 e. The summed E-state index contributed by atoms with van der Waals surface area (Å²) < 4.78 is 5.28. The quantitative estimate of drug-likeness (QED) is 0.886. The Balaban J connectivity index is 1.85. The number of ether oxygens (including phenoxy) is 1. The summed E-state index contributed by atoms with van der Waals surface area (Å²) in [6.45, 7) is 2.20. The highest BCUT2D eigenvalue weighted by atomic mass is 16.5. The first-order valence-electron chi connectivity index (χ1n) is 6.77. The van der Waals surface area contributed by atoms with Crippen LogP contribution < -0.4 is 15.4 Å². The summed E-state index contributed by atoms with van der Waals surface area (Å²) >= 11 is 0. The zero-order chi connectivity index (χ0) is 13.1. The summed E-state index contributed by atoms with van der Waals surface area (Å²) in [4.78, 5) is 4.22. The second-order valence-electron chi connectivity index (χ2n) is 4.92. The Morgan fingerprint density at radius 1 is 1.26 bits per heavy atom. The molecular weight excluding hydrogens is 238 g/mol. The fourth-order valence-corrected chi connectivity index (χ4v) is 2.60. The SMILES string of the molecule is COc1nccc2cc(NC3CCNCC3)ccc12. The Kier molecular flexibility index (Phi) is 3.51. The second-order valence-corrected chi connectivity index (χ2v) is 4.92. The van der Waals surface area contributed by atoms with Crippen LogP contribution in [0.2, 0.25) is 0 Å². The van der Waals surface area contributed by atoms with Crippen LogP contribution in [0.3, 0.4) is 0 Å². The Hall–Kier alpha value is -1.81. The first kappa shape index (κ1) is 12.2. The van der Waals surface area contributed by atoms with Gasteiger partial charge in [0.15, 0.2) is 0 Å². The molecule has 0 saturated carbocycles. The van der Waals surface area contributed by atoms with Gasteiger partial charge in [0.1, 0.15) is 0 Å². The van der Waals surface area contributed by atoms with Gasteiger partial charge in [-0.25, -0.2) is 4.98 Å². The number of nitrogens with one attached hydrogen (secondary N) is 2. The minimum absolute atomic E-state index is 0.572. The zero-order valence-electron chi connectivity index (χ0n) is 11.1. The number of methoxy groups -OCH3 is 1. The molecule has 1 aliphatic heterocycles. The van der Waals surface area contributed by atoms with Crippen LogP contribution in [-0.4, -0.2) is 31.2 Å². The standard InChI is InChI=1S/C15H19N3O/c1-19-15-14-3-2-13(10-11(14)4-9-17-15)18-12-5-7-16-8-6-12/h2-4,9-10,12,16,18H,5-8H2,1H3. The summed E-state index contributed by atoms with van der Waals surface area (Å²) in [6, 6.07) is 8.94. The van der Waals surface area contributed by atoms with E-state index in [0.29, 0.717) is 11.9 Å². The van der Waals surface area contributed by atoms with Gasteiger partial charge in [-0.3, -0.25) is 0 Å². The number of nitrogens with zero attached hydrogens (tertiary/aromatic N) is 1. The number of piperidine rings is 1. The zero-order valence-corrected chi connectivity index (χ0v) is 11.1. The maximum absolute atomic E-state index is 5.28. The lowest BCUT2D eigenvalue weighted by Gasteiger charge is -2.24. The molecule has 4 nitrogen and oxygen atoms in total. The molecule has 0 bridgehead atoms. The maximum atomic E-state index is 5.28. The van der Waals surface area contributed by atoms with Gasteiger partial charge in [-0.2, -0.15) is 0 Å². The van der Waals surface area contributed by atoms with Gasteiger partial charge in [0.2, 0.25) is 5.88 Å². The molecule has 1 fully saturated rings.